The number of benzene rings is 1. The smallest absolute Gasteiger partial charge is 0.259 e. The third-order valence-electron chi connectivity index (χ3n) is 3.94. The molecule has 1 fully saturated rings. The molecule has 1 aliphatic carbocycles. The highest BCUT2D eigenvalue weighted by Gasteiger charge is 2.31. The lowest BCUT2D eigenvalue weighted by atomic mass is 10.0. The van der Waals surface area contributed by atoms with E-state index in [9.17, 15) is 17.4 Å². The summed E-state index contributed by atoms with van der Waals surface area (Å²) >= 11 is 0. The Morgan fingerprint density at radius 1 is 1.10 bits per heavy atom. The van der Waals surface area contributed by atoms with Crippen LogP contribution in [0.1, 0.15) is 55.4 Å². The minimum Gasteiger partial charge on any atom is -0.259 e. The summed E-state index contributed by atoms with van der Waals surface area (Å²) in [6.07, 6.45) is 1.04. The lowest BCUT2D eigenvalue weighted by Crippen LogP contribution is -2.22. The molecule has 2 rings (SSSR count). The zero-order valence-corrected chi connectivity index (χ0v) is 12.3. The number of alkyl halides is 3. The highest BCUT2D eigenvalue weighted by atomic mass is 32.2. The summed E-state index contributed by atoms with van der Waals surface area (Å²) in [5.41, 5.74) is 0.0683. The molecular formula is C15H19F3OS. The van der Waals surface area contributed by atoms with Gasteiger partial charge in [-0.15, -0.1) is 0 Å². The van der Waals surface area contributed by atoms with E-state index in [1.807, 2.05) is 6.92 Å². The molecule has 0 heterocycles. The Kier molecular flexibility index (Phi) is 4.89. The van der Waals surface area contributed by atoms with Crippen molar-refractivity contribution >= 4 is 10.8 Å². The molecule has 1 aliphatic rings. The fourth-order valence-electron chi connectivity index (χ4n) is 2.66. The number of hydrogen-bond acceptors (Lipinski definition) is 1. The molecular weight excluding hydrogens is 285 g/mol. The van der Waals surface area contributed by atoms with Crippen molar-refractivity contribution in [3.8, 4) is 0 Å². The summed E-state index contributed by atoms with van der Waals surface area (Å²) in [4.78, 5) is 0. The van der Waals surface area contributed by atoms with Crippen LogP contribution >= 0.6 is 0 Å². The molecule has 20 heavy (non-hydrogen) atoms. The summed E-state index contributed by atoms with van der Waals surface area (Å²) in [5, 5.41) is -0.0126. The molecule has 0 radical (unpaired) electrons. The summed E-state index contributed by atoms with van der Waals surface area (Å²) in [6, 6.07) is 5.05. The highest BCUT2D eigenvalue weighted by Crippen LogP contribution is 2.33. The van der Waals surface area contributed by atoms with Crippen molar-refractivity contribution in [2.45, 2.75) is 55.7 Å². The molecule has 0 N–H and O–H groups in total. The highest BCUT2D eigenvalue weighted by molar-refractivity contribution is 7.85. The lowest BCUT2D eigenvalue weighted by Gasteiger charge is -2.24. The number of halogens is 3. The SMILES string of the molecule is CC(c1ccc(C(F)(F)F)cc1)S(=O)C1CCCCC1. The summed E-state index contributed by atoms with van der Waals surface area (Å²) < 4.78 is 50.0. The normalized spacial score (nSPS) is 20.6. The molecule has 0 amide bonds. The van der Waals surface area contributed by atoms with Crippen LogP contribution in [-0.2, 0) is 17.0 Å². The molecule has 0 aromatic heterocycles. The van der Waals surface area contributed by atoms with Gasteiger partial charge < -0.3 is 0 Å². The predicted octanol–water partition coefficient (Wildman–Crippen LogP) is 4.85. The van der Waals surface area contributed by atoms with E-state index in [0.717, 1.165) is 43.4 Å². The molecule has 0 aliphatic heterocycles. The molecule has 0 bridgehead atoms. The third-order valence-corrected chi connectivity index (χ3v) is 6.03. The Morgan fingerprint density at radius 2 is 1.65 bits per heavy atom. The molecule has 2 atom stereocenters. The zero-order chi connectivity index (χ0) is 14.8. The number of rotatable bonds is 3. The van der Waals surface area contributed by atoms with E-state index < -0.39 is 22.5 Å². The lowest BCUT2D eigenvalue weighted by molar-refractivity contribution is -0.137. The summed E-state index contributed by atoms with van der Waals surface area (Å²) in [5.74, 6) is 0. The minimum atomic E-state index is -4.32. The maximum Gasteiger partial charge on any atom is 0.416 e. The topological polar surface area (TPSA) is 17.1 Å². The van der Waals surface area contributed by atoms with Gasteiger partial charge in [0, 0.05) is 16.0 Å². The maximum atomic E-state index is 12.5. The first-order chi connectivity index (χ1) is 9.39. The Balaban J connectivity index is 2.08. The maximum absolute atomic E-state index is 12.5. The largest absolute Gasteiger partial charge is 0.416 e. The van der Waals surface area contributed by atoms with Gasteiger partial charge in [0.05, 0.1) is 10.8 Å². The van der Waals surface area contributed by atoms with Gasteiger partial charge in [-0.1, -0.05) is 31.4 Å². The zero-order valence-electron chi connectivity index (χ0n) is 11.5. The quantitative estimate of drug-likeness (QED) is 0.780. The fourth-order valence-corrected chi connectivity index (χ4v) is 4.46. The van der Waals surface area contributed by atoms with Crippen LogP contribution in [0.2, 0.25) is 0 Å². The number of hydrogen-bond donors (Lipinski definition) is 0. The Morgan fingerprint density at radius 3 is 2.15 bits per heavy atom. The monoisotopic (exact) mass is 304 g/mol. The van der Waals surface area contributed by atoms with Crippen LogP contribution in [0.5, 0.6) is 0 Å². The van der Waals surface area contributed by atoms with Gasteiger partial charge in [0.25, 0.3) is 0 Å². The van der Waals surface area contributed by atoms with Crippen molar-refractivity contribution in [3.63, 3.8) is 0 Å². The molecule has 0 spiro atoms. The van der Waals surface area contributed by atoms with Crippen LogP contribution in [0.15, 0.2) is 24.3 Å². The second kappa shape index (κ2) is 6.29. The molecule has 0 saturated heterocycles. The Hall–Kier alpha value is -0.840. The molecule has 1 nitrogen and oxygen atoms in total. The van der Waals surface area contributed by atoms with Gasteiger partial charge in [0.15, 0.2) is 0 Å². The van der Waals surface area contributed by atoms with Crippen molar-refractivity contribution in [1.29, 1.82) is 0 Å². The second-order valence-corrected chi connectivity index (χ2v) is 7.38. The van der Waals surface area contributed by atoms with Crippen LogP contribution in [0.25, 0.3) is 0 Å². The van der Waals surface area contributed by atoms with Gasteiger partial charge in [0.2, 0.25) is 0 Å². The standard InChI is InChI=1S/C15H19F3OS/c1-11(20(19)14-5-3-2-4-6-14)12-7-9-13(10-8-12)15(16,17)18/h7-11,14H,2-6H2,1H3. The van der Waals surface area contributed by atoms with Gasteiger partial charge in [0.1, 0.15) is 0 Å². The fraction of sp³-hybridized carbons (Fsp3) is 0.600. The third kappa shape index (κ3) is 3.62. The van der Waals surface area contributed by atoms with Crippen LogP contribution in [0, 0.1) is 0 Å². The molecule has 5 heteroatoms. The van der Waals surface area contributed by atoms with E-state index in [-0.39, 0.29) is 10.5 Å². The molecule has 1 aromatic rings. The van der Waals surface area contributed by atoms with E-state index in [1.54, 1.807) is 0 Å². The summed E-state index contributed by atoms with van der Waals surface area (Å²) in [6.45, 7) is 1.84. The predicted molar refractivity (Wildman–Crippen MR) is 74.9 cm³/mol. The van der Waals surface area contributed by atoms with Gasteiger partial charge in [-0.3, -0.25) is 4.21 Å². The van der Waals surface area contributed by atoms with E-state index in [1.165, 1.54) is 18.6 Å². The van der Waals surface area contributed by atoms with Crippen LogP contribution in [-0.4, -0.2) is 9.46 Å². The van der Waals surface area contributed by atoms with E-state index in [0.29, 0.717) is 0 Å². The minimum absolute atomic E-state index is 0.195. The van der Waals surface area contributed by atoms with Crippen molar-refractivity contribution in [3.05, 3.63) is 35.4 Å². The van der Waals surface area contributed by atoms with Crippen molar-refractivity contribution < 1.29 is 17.4 Å². The first-order valence-electron chi connectivity index (χ1n) is 6.96. The van der Waals surface area contributed by atoms with Crippen LogP contribution < -0.4 is 0 Å². The molecule has 112 valence electrons. The second-order valence-electron chi connectivity index (χ2n) is 5.35. The molecule has 1 aromatic carbocycles. The van der Waals surface area contributed by atoms with Crippen LogP contribution in [0.3, 0.4) is 0 Å². The van der Waals surface area contributed by atoms with E-state index >= 15 is 0 Å². The van der Waals surface area contributed by atoms with Gasteiger partial charge in [-0.05, 0) is 37.5 Å². The molecule has 2 unspecified atom stereocenters. The van der Waals surface area contributed by atoms with E-state index in [4.69, 9.17) is 0 Å². The van der Waals surface area contributed by atoms with Crippen LogP contribution in [0.4, 0.5) is 13.2 Å². The first-order valence-corrected chi connectivity index (χ1v) is 8.24. The average molecular weight is 304 g/mol. The summed E-state index contributed by atoms with van der Waals surface area (Å²) in [7, 11) is -1.01. The average Bonchev–Trinajstić information content (AvgIpc) is 2.46. The molecule has 1 saturated carbocycles. The Bertz CT molecular complexity index is 461. The van der Waals surface area contributed by atoms with E-state index in [2.05, 4.69) is 0 Å². The van der Waals surface area contributed by atoms with Gasteiger partial charge in [-0.2, -0.15) is 13.2 Å². The van der Waals surface area contributed by atoms with Crippen molar-refractivity contribution in [2.24, 2.45) is 0 Å². The first kappa shape index (κ1) is 15.5. The van der Waals surface area contributed by atoms with Gasteiger partial charge >= 0.3 is 6.18 Å². The van der Waals surface area contributed by atoms with Gasteiger partial charge in [-0.25, -0.2) is 0 Å². The Labute approximate surface area is 120 Å². The van der Waals surface area contributed by atoms with Crippen molar-refractivity contribution in [2.75, 3.05) is 0 Å². The van der Waals surface area contributed by atoms with Crippen molar-refractivity contribution in [1.82, 2.24) is 0 Å².